The molecule has 1 unspecified atom stereocenters. The zero-order valence-corrected chi connectivity index (χ0v) is 9.17. The van der Waals surface area contributed by atoms with Crippen LogP contribution in [0.15, 0.2) is 29.2 Å². The summed E-state index contributed by atoms with van der Waals surface area (Å²) < 4.78 is 0. The lowest BCUT2D eigenvalue weighted by molar-refractivity contribution is -0.138. The van der Waals surface area contributed by atoms with Crippen molar-refractivity contribution < 1.29 is 9.90 Å². The van der Waals surface area contributed by atoms with Crippen molar-refractivity contribution in [1.82, 2.24) is 0 Å². The van der Waals surface area contributed by atoms with Crippen LogP contribution in [-0.4, -0.2) is 17.3 Å². The molecule has 0 aliphatic carbocycles. The maximum atomic E-state index is 10.9. The molecule has 3 heteroatoms. The van der Waals surface area contributed by atoms with Gasteiger partial charge in [-0.05, 0) is 30.4 Å². The molecule has 14 heavy (non-hydrogen) atoms. The second kappa shape index (κ2) is 5.05. The molecule has 0 fully saturated rings. The van der Waals surface area contributed by atoms with Crippen molar-refractivity contribution in [2.75, 3.05) is 6.26 Å². The van der Waals surface area contributed by atoms with Gasteiger partial charge in [-0.3, -0.25) is 4.79 Å². The summed E-state index contributed by atoms with van der Waals surface area (Å²) in [5, 5.41) is 8.98. The first kappa shape index (κ1) is 11.1. The number of carbonyl (C=O) groups is 1. The van der Waals surface area contributed by atoms with Gasteiger partial charge in [-0.2, -0.15) is 0 Å². The first-order valence-electron chi connectivity index (χ1n) is 4.55. The summed E-state index contributed by atoms with van der Waals surface area (Å²) in [4.78, 5) is 12.0. The average Bonchev–Trinajstić information content (AvgIpc) is 2.19. The summed E-state index contributed by atoms with van der Waals surface area (Å²) in [5.74, 6) is -1.12. The third-order valence-electron chi connectivity index (χ3n) is 2.20. The molecule has 0 bridgehead atoms. The van der Waals surface area contributed by atoms with Gasteiger partial charge in [0.1, 0.15) is 0 Å². The van der Waals surface area contributed by atoms with Gasteiger partial charge in [0.05, 0.1) is 5.92 Å². The van der Waals surface area contributed by atoms with Gasteiger partial charge in [-0.25, -0.2) is 0 Å². The minimum Gasteiger partial charge on any atom is -0.481 e. The SMILES string of the molecule is CCC(C(=O)O)c1cccc(SC)c1. The first-order chi connectivity index (χ1) is 6.69. The van der Waals surface area contributed by atoms with Crippen LogP contribution in [0.1, 0.15) is 24.8 Å². The molecular weight excluding hydrogens is 196 g/mol. The molecule has 1 rings (SSSR count). The first-order valence-corrected chi connectivity index (χ1v) is 5.78. The molecule has 1 aromatic carbocycles. The number of carboxylic acid groups (broad SMARTS) is 1. The number of hydrogen-bond donors (Lipinski definition) is 1. The van der Waals surface area contributed by atoms with Gasteiger partial charge in [0.2, 0.25) is 0 Å². The molecule has 0 spiro atoms. The second-order valence-electron chi connectivity index (χ2n) is 3.08. The second-order valence-corrected chi connectivity index (χ2v) is 3.96. The van der Waals surface area contributed by atoms with E-state index in [-0.39, 0.29) is 5.92 Å². The predicted molar refractivity (Wildman–Crippen MR) is 58.9 cm³/mol. The lowest BCUT2D eigenvalue weighted by atomic mass is 9.97. The molecule has 2 nitrogen and oxygen atoms in total. The predicted octanol–water partition coefficient (Wildman–Crippen LogP) is 2.99. The largest absolute Gasteiger partial charge is 0.481 e. The van der Waals surface area contributed by atoms with Crippen molar-refractivity contribution in [3.63, 3.8) is 0 Å². The molecule has 0 radical (unpaired) electrons. The highest BCUT2D eigenvalue weighted by molar-refractivity contribution is 7.98. The van der Waals surface area contributed by atoms with Gasteiger partial charge in [0, 0.05) is 4.90 Å². The third kappa shape index (κ3) is 2.51. The Morgan fingerprint density at radius 2 is 2.29 bits per heavy atom. The number of hydrogen-bond acceptors (Lipinski definition) is 2. The summed E-state index contributed by atoms with van der Waals surface area (Å²) in [5.41, 5.74) is 0.895. The van der Waals surface area contributed by atoms with Gasteiger partial charge in [0.15, 0.2) is 0 Å². The van der Waals surface area contributed by atoms with Crippen LogP contribution in [0.2, 0.25) is 0 Å². The normalized spacial score (nSPS) is 12.4. The molecule has 1 aromatic rings. The van der Waals surface area contributed by atoms with Crippen LogP contribution in [0.4, 0.5) is 0 Å². The van der Waals surface area contributed by atoms with Crippen LogP contribution < -0.4 is 0 Å². The average molecular weight is 210 g/mol. The van der Waals surface area contributed by atoms with Crippen LogP contribution in [0, 0.1) is 0 Å². The molecule has 1 N–H and O–H groups in total. The maximum Gasteiger partial charge on any atom is 0.310 e. The van der Waals surface area contributed by atoms with Crippen molar-refractivity contribution in [3.8, 4) is 0 Å². The summed E-state index contributed by atoms with van der Waals surface area (Å²) in [6, 6.07) is 7.73. The van der Waals surface area contributed by atoms with E-state index in [0.29, 0.717) is 6.42 Å². The number of benzene rings is 1. The minimum absolute atomic E-state index is 0.373. The molecule has 0 saturated carbocycles. The topological polar surface area (TPSA) is 37.3 Å². The van der Waals surface area contributed by atoms with Crippen molar-refractivity contribution >= 4 is 17.7 Å². The summed E-state index contributed by atoms with van der Waals surface area (Å²) in [6.07, 6.45) is 2.62. The fourth-order valence-electron chi connectivity index (χ4n) is 1.41. The van der Waals surface area contributed by atoms with E-state index in [9.17, 15) is 4.79 Å². The summed E-state index contributed by atoms with van der Waals surface area (Å²) in [7, 11) is 0. The quantitative estimate of drug-likeness (QED) is 0.776. The Morgan fingerprint density at radius 3 is 2.79 bits per heavy atom. The number of thioether (sulfide) groups is 1. The number of rotatable bonds is 4. The highest BCUT2D eigenvalue weighted by atomic mass is 32.2. The lowest BCUT2D eigenvalue weighted by Gasteiger charge is -2.10. The van der Waals surface area contributed by atoms with Gasteiger partial charge in [0.25, 0.3) is 0 Å². The number of carboxylic acids is 1. The molecule has 0 aliphatic heterocycles. The summed E-state index contributed by atoms with van der Waals surface area (Å²) in [6.45, 7) is 1.89. The zero-order valence-electron chi connectivity index (χ0n) is 8.36. The standard InChI is InChI=1S/C11H14O2S/c1-3-10(11(12)13)8-5-4-6-9(7-8)14-2/h4-7,10H,3H2,1-2H3,(H,12,13). The fourth-order valence-corrected chi connectivity index (χ4v) is 1.88. The molecule has 0 aromatic heterocycles. The van der Waals surface area contributed by atoms with Gasteiger partial charge in [-0.1, -0.05) is 19.1 Å². The molecule has 1 atom stereocenters. The Labute approximate surface area is 88.3 Å². The Balaban J connectivity index is 2.98. The van der Waals surface area contributed by atoms with Crippen LogP contribution in [0.25, 0.3) is 0 Å². The van der Waals surface area contributed by atoms with Gasteiger partial charge >= 0.3 is 5.97 Å². The van der Waals surface area contributed by atoms with Gasteiger partial charge < -0.3 is 5.11 Å². The monoisotopic (exact) mass is 210 g/mol. The van der Waals surface area contributed by atoms with E-state index < -0.39 is 5.97 Å². The molecule has 0 amide bonds. The molecule has 0 saturated heterocycles. The van der Waals surface area contributed by atoms with Crippen LogP contribution in [-0.2, 0) is 4.79 Å². The molecular formula is C11H14O2S. The van der Waals surface area contributed by atoms with Crippen molar-refractivity contribution in [1.29, 1.82) is 0 Å². The van der Waals surface area contributed by atoms with E-state index in [2.05, 4.69) is 0 Å². The Bertz CT molecular complexity index is 323. The minimum atomic E-state index is -0.745. The van der Waals surface area contributed by atoms with E-state index >= 15 is 0 Å². The highest BCUT2D eigenvalue weighted by Gasteiger charge is 2.17. The Kier molecular flexibility index (Phi) is 4.01. The van der Waals surface area contributed by atoms with Crippen LogP contribution in [0.5, 0.6) is 0 Å². The van der Waals surface area contributed by atoms with Crippen molar-refractivity contribution in [3.05, 3.63) is 29.8 Å². The van der Waals surface area contributed by atoms with Crippen molar-refractivity contribution in [2.45, 2.75) is 24.2 Å². The van der Waals surface area contributed by atoms with E-state index in [1.165, 1.54) is 0 Å². The number of aliphatic carboxylic acids is 1. The fraction of sp³-hybridized carbons (Fsp3) is 0.364. The Morgan fingerprint density at radius 1 is 1.57 bits per heavy atom. The van der Waals surface area contributed by atoms with Gasteiger partial charge in [-0.15, -0.1) is 11.8 Å². The van der Waals surface area contributed by atoms with E-state index in [0.717, 1.165) is 10.5 Å². The third-order valence-corrected chi connectivity index (χ3v) is 2.93. The van der Waals surface area contributed by atoms with Crippen LogP contribution >= 0.6 is 11.8 Å². The maximum absolute atomic E-state index is 10.9. The van der Waals surface area contributed by atoms with Crippen molar-refractivity contribution in [2.24, 2.45) is 0 Å². The highest BCUT2D eigenvalue weighted by Crippen LogP contribution is 2.24. The van der Waals surface area contributed by atoms with Crippen LogP contribution in [0.3, 0.4) is 0 Å². The van der Waals surface area contributed by atoms with E-state index in [1.807, 2.05) is 37.4 Å². The zero-order chi connectivity index (χ0) is 10.6. The lowest BCUT2D eigenvalue weighted by Crippen LogP contribution is -2.10. The molecule has 0 aliphatic rings. The van der Waals surface area contributed by atoms with E-state index in [4.69, 9.17) is 5.11 Å². The molecule has 76 valence electrons. The smallest absolute Gasteiger partial charge is 0.310 e. The summed E-state index contributed by atoms with van der Waals surface area (Å²) >= 11 is 1.63. The molecule has 0 heterocycles. The Hall–Kier alpha value is -0.960. The van der Waals surface area contributed by atoms with E-state index in [1.54, 1.807) is 11.8 Å².